The van der Waals surface area contributed by atoms with E-state index in [9.17, 15) is 10.1 Å². The number of nitrogens with zero attached hydrogens (tertiary/aromatic N) is 1. The summed E-state index contributed by atoms with van der Waals surface area (Å²) in [4.78, 5) is 12.2. The number of benzene rings is 2. The largest absolute Gasteiger partial charge is 0.497 e. The van der Waals surface area contributed by atoms with Crippen molar-refractivity contribution in [2.75, 3.05) is 25.6 Å². The predicted octanol–water partition coefficient (Wildman–Crippen LogP) is 3.27. The number of carbonyl (C=O) groups is 1. The second-order valence-corrected chi connectivity index (χ2v) is 5.64. The molecule has 0 aliphatic rings. The Morgan fingerprint density at radius 3 is 2.63 bits per heavy atom. The van der Waals surface area contributed by atoms with Gasteiger partial charge in [-0.1, -0.05) is 12.1 Å². The molecule has 6 nitrogen and oxygen atoms in total. The van der Waals surface area contributed by atoms with E-state index in [0.29, 0.717) is 18.8 Å². The van der Waals surface area contributed by atoms with Gasteiger partial charge in [-0.3, -0.25) is 4.79 Å². The molecule has 0 aliphatic carbocycles. The zero-order valence-electron chi connectivity index (χ0n) is 15.5. The number of hydrogen-bond acceptors (Lipinski definition) is 5. The van der Waals surface area contributed by atoms with Crippen LogP contribution < -0.4 is 20.1 Å². The van der Waals surface area contributed by atoms with Crippen LogP contribution in [0.4, 0.5) is 5.69 Å². The van der Waals surface area contributed by atoms with Gasteiger partial charge >= 0.3 is 0 Å². The minimum Gasteiger partial charge on any atom is -0.497 e. The van der Waals surface area contributed by atoms with Crippen LogP contribution in [0.1, 0.15) is 12.5 Å². The molecule has 0 aromatic heterocycles. The monoisotopic (exact) mass is 365 g/mol. The predicted molar refractivity (Wildman–Crippen MR) is 105 cm³/mol. The molecule has 1 amide bonds. The van der Waals surface area contributed by atoms with Crippen LogP contribution in [-0.4, -0.2) is 26.2 Å². The molecule has 27 heavy (non-hydrogen) atoms. The van der Waals surface area contributed by atoms with Gasteiger partial charge in [-0.25, -0.2) is 0 Å². The lowest BCUT2D eigenvalue weighted by Gasteiger charge is -2.07. The lowest BCUT2D eigenvalue weighted by atomic mass is 10.1. The molecule has 2 aromatic carbocycles. The zero-order valence-corrected chi connectivity index (χ0v) is 15.5. The molecule has 0 unspecified atom stereocenters. The van der Waals surface area contributed by atoms with Gasteiger partial charge in [0.05, 0.1) is 13.7 Å². The second kappa shape index (κ2) is 10.5. The van der Waals surface area contributed by atoms with Crippen LogP contribution in [0.2, 0.25) is 0 Å². The molecule has 0 saturated carbocycles. The lowest BCUT2D eigenvalue weighted by Crippen LogP contribution is -2.18. The maximum atomic E-state index is 12.2. The Bertz CT molecular complexity index is 823. The molecule has 2 aromatic rings. The summed E-state index contributed by atoms with van der Waals surface area (Å²) in [6.45, 7) is 3.07. The molecule has 0 fully saturated rings. The summed E-state index contributed by atoms with van der Waals surface area (Å²) < 4.78 is 10.5. The number of nitriles is 1. The van der Waals surface area contributed by atoms with Gasteiger partial charge < -0.3 is 20.1 Å². The molecule has 2 rings (SSSR count). The standard InChI is InChI=1S/C21H23N3O3/c1-3-27-19-9-7-18(8-10-19)24-21(25)17(14-22)15-23-12-11-16-5-4-6-20(13-16)26-2/h4-10,13,15,23H,3,11-12H2,1-2H3,(H,24,25)/b17-15-. The highest BCUT2D eigenvalue weighted by Gasteiger charge is 2.09. The van der Waals surface area contributed by atoms with Crippen LogP contribution in [0.5, 0.6) is 11.5 Å². The maximum absolute atomic E-state index is 12.2. The van der Waals surface area contributed by atoms with Gasteiger partial charge in [-0.05, 0) is 55.3 Å². The molecule has 0 aliphatic heterocycles. The summed E-state index contributed by atoms with van der Waals surface area (Å²) >= 11 is 0. The van der Waals surface area contributed by atoms with E-state index in [1.54, 1.807) is 31.4 Å². The van der Waals surface area contributed by atoms with Gasteiger partial charge in [0.25, 0.3) is 5.91 Å². The van der Waals surface area contributed by atoms with Crippen molar-refractivity contribution in [3.05, 3.63) is 65.9 Å². The average molecular weight is 365 g/mol. The van der Waals surface area contributed by atoms with Crippen molar-refractivity contribution in [3.8, 4) is 17.6 Å². The smallest absolute Gasteiger partial charge is 0.267 e. The first-order valence-electron chi connectivity index (χ1n) is 8.67. The summed E-state index contributed by atoms with van der Waals surface area (Å²) in [6, 6.07) is 16.7. The summed E-state index contributed by atoms with van der Waals surface area (Å²) in [6.07, 6.45) is 2.18. The molecule has 140 valence electrons. The van der Waals surface area contributed by atoms with Crippen molar-refractivity contribution in [2.45, 2.75) is 13.3 Å². The number of anilines is 1. The van der Waals surface area contributed by atoms with Crippen LogP contribution in [0, 0.1) is 11.3 Å². The molecule has 6 heteroatoms. The fourth-order valence-corrected chi connectivity index (χ4v) is 2.37. The Hall–Kier alpha value is -3.46. The Kier molecular flexibility index (Phi) is 7.73. The van der Waals surface area contributed by atoms with E-state index in [4.69, 9.17) is 9.47 Å². The van der Waals surface area contributed by atoms with Gasteiger partial charge in [0, 0.05) is 18.4 Å². The fourth-order valence-electron chi connectivity index (χ4n) is 2.37. The number of nitrogens with one attached hydrogen (secondary N) is 2. The van der Waals surface area contributed by atoms with Gasteiger partial charge in [0.1, 0.15) is 23.1 Å². The van der Waals surface area contributed by atoms with Crippen LogP contribution in [-0.2, 0) is 11.2 Å². The highest BCUT2D eigenvalue weighted by atomic mass is 16.5. The number of methoxy groups -OCH3 is 1. The van der Waals surface area contributed by atoms with Crippen molar-refractivity contribution in [1.29, 1.82) is 5.26 Å². The summed E-state index contributed by atoms with van der Waals surface area (Å²) in [5.74, 6) is 1.07. The van der Waals surface area contributed by atoms with Crippen LogP contribution in [0.25, 0.3) is 0 Å². The first-order chi connectivity index (χ1) is 13.2. The Morgan fingerprint density at radius 1 is 1.19 bits per heavy atom. The van der Waals surface area contributed by atoms with Gasteiger partial charge in [-0.2, -0.15) is 5.26 Å². The third kappa shape index (κ3) is 6.40. The molecule has 0 atom stereocenters. The average Bonchev–Trinajstić information content (AvgIpc) is 2.70. The molecular weight excluding hydrogens is 342 g/mol. The highest BCUT2D eigenvalue weighted by Crippen LogP contribution is 2.16. The number of amides is 1. The summed E-state index contributed by atoms with van der Waals surface area (Å²) in [5.41, 5.74) is 1.71. The molecule has 0 radical (unpaired) electrons. The van der Waals surface area contributed by atoms with E-state index >= 15 is 0 Å². The fraction of sp³-hybridized carbons (Fsp3) is 0.238. The Morgan fingerprint density at radius 2 is 1.96 bits per heavy atom. The van der Waals surface area contributed by atoms with Crippen molar-refractivity contribution in [1.82, 2.24) is 5.32 Å². The summed E-state index contributed by atoms with van der Waals surface area (Å²) in [7, 11) is 1.63. The van der Waals surface area contributed by atoms with E-state index in [1.807, 2.05) is 37.3 Å². The number of ether oxygens (including phenoxy) is 2. The van der Waals surface area contributed by atoms with Crippen LogP contribution in [0.3, 0.4) is 0 Å². The van der Waals surface area contributed by atoms with E-state index in [-0.39, 0.29) is 5.57 Å². The van der Waals surface area contributed by atoms with Crippen molar-refractivity contribution >= 4 is 11.6 Å². The maximum Gasteiger partial charge on any atom is 0.267 e. The quantitative estimate of drug-likeness (QED) is 0.405. The van der Waals surface area contributed by atoms with Crippen molar-refractivity contribution in [2.24, 2.45) is 0 Å². The summed E-state index contributed by atoms with van der Waals surface area (Å²) in [5, 5.41) is 14.9. The molecular formula is C21H23N3O3. The normalized spacial score (nSPS) is 10.6. The van der Waals surface area contributed by atoms with Crippen LogP contribution in [0.15, 0.2) is 60.3 Å². The van der Waals surface area contributed by atoms with E-state index in [1.165, 1.54) is 6.20 Å². The first-order valence-corrected chi connectivity index (χ1v) is 8.67. The number of rotatable bonds is 9. The number of carbonyl (C=O) groups excluding carboxylic acids is 1. The molecule has 0 bridgehead atoms. The third-order valence-corrected chi connectivity index (χ3v) is 3.73. The lowest BCUT2D eigenvalue weighted by molar-refractivity contribution is -0.112. The Balaban J connectivity index is 1.87. The van der Waals surface area contributed by atoms with Gasteiger partial charge in [0.2, 0.25) is 0 Å². The SMILES string of the molecule is CCOc1ccc(NC(=O)/C(C#N)=C\NCCc2cccc(OC)c2)cc1. The zero-order chi connectivity index (χ0) is 19.5. The van der Waals surface area contributed by atoms with E-state index < -0.39 is 5.91 Å². The highest BCUT2D eigenvalue weighted by molar-refractivity contribution is 6.06. The topological polar surface area (TPSA) is 83.4 Å². The molecule has 0 spiro atoms. The van der Waals surface area contributed by atoms with E-state index in [0.717, 1.165) is 23.5 Å². The minimum atomic E-state index is -0.462. The van der Waals surface area contributed by atoms with Gasteiger partial charge in [-0.15, -0.1) is 0 Å². The van der Waals surface area contributed by atoms with Crippen molar-refractivity contribution < 1.29 is 14.3 Å². The van der Waals surface area contributed by atoms with Gasteiger partial charge in [0.15, 0.2) is 0 Å². The number of hydrogen-bond donors (Lipinski definition) is 2. The first kappa shape index (κ1) is 19.9. The van der Waals surface area contributed by atoms with Crippen LogP contribution >= 0.6 is 0 Å². The van der Waals surface area contributed by atoms with E-state index in [2.05, 4.69) is 10.6 Å². The molecule has 0 heterocycles. The third-order valence-electron chi connectivity index (χ3n) is 3.73. The molecule has 2 N–H and O–H groups in total. The second-order valence-electron chi connectivity index (χ2n) is 5.64. The van der Waals surface area contributed by atoms with Crippen molar-refractivity contribution in [3.63, 3.8) is 0 Å². The Labute approximate surface area is 159 Å². The molecule has 0 saturated heterocycles. The minimum absolute atomic E-state index is 0.00882.